The Morgan fingerprint density at radius 2 is 1.74 bits per heavy atom. The van der Waals surface area contributed by atoms with Gasteiger partial charge in [-0.15, -0.1) is 0 Å². The number of carboxylic acid groups (broad SMARTS) is 1. The molecule has 39 heavy (non-hydrogen) atoms. The number of fused-ring (bicyclic) bond motifs is 2. The number of aromatic carboxylic acids is 1. The van der Waals surface area contributed by atoms with Crippen LogP contribution in [-0.2, 0) is 0 Å². The van der Waals surface area contributed by atoms with Crippen LogP contribution in [0, 0.1) is 6.92 Å². The molecular weight excluding hydrogens is 492 g/mol. The van der Waals surface area contributed by atoms with Crippen molar-refractivity contribution in [2.24, 2.45) is 0 Å². The number of carbonyl (C=O) groups excluding carboxylic acids is 1. The second-order valence-corrected chi connectivity index (χ2v) is 9.04. The number of hydrogen-bond acceptors (Lipinski definition) is 6. The lowest BCUT2D eigenvalue weighted by Crippen LogP contribution is -2.13. The van der Waals surface area contributed by atoms with Crippen LogP contribution in [-0.4, -0.2) is 36.3 Å². The standard InChI is InChI=1S/C30H22N6O3/c1-18-5-11-23(15-25(18)34-28(37)19-6-8-20(9-7-19)29(38)39)33-30-32-16-21-3-2-4-24(27(21)35-30)22-10-12-26-31-13-14-36(26)17-22/h2-17H,1H3,(H,34,37)(H,38,39)(H,32,33,35). The third-order valence-electron chi connectivity index (χ3n) is 6.45. The lowest BCUT2D eigenvalue weighted by molar-refractivity contribution is 0.0696. The Labute approximate surface area is 222 Å². The van der Waals surface area contributed by atoms with Crippen molar-refractivity contribution in [2.45, 2.75) is 6.92 Å². The molecule has 9 heteroatoms. The van der Waals surface area contributed by atoms with Gasteiger partial charge in [0, 0.05) is 58.2 Å². The van der Waals surface area contributed by atoms with Gasteiger partial charge < -0.3 is 20.1 Å². The molecular formula is C30H22N6O3. The number of amides is 1. The zero-order valence-corrected chi connectivity index (χ0v) is 20.8. The van der Waals surface area contributed by atoms with Gasteiger partial charge in [0.05, 0.1) is 11.1 Å². The number of carbonyl (C=O) groups is 2. The van der Waals surface area contributed by atoms with Gasteiger partial charge >= 0.3 is 5.97 Å². The Hall–Kier alpha value is -5.57. The van der Waals surface area contributed by atoms with Crippen molar-refractivity contribution in [1.82, 2.24) is 19.4 Å². The van der Waals surface area contributed by atoms with Gasteiger partial charge in [-0.3, -0.25) is 4.79 Å². The fourth-order valence-corrected chi connectivity index (χ4v) is 4.35. The van der Waals surface area contributed by atoms with E-state index in [4.69, 9.17) is 10.1 Å². The minimum absolute atomic E-state index is 0.120. The number of carboxylic acids is 1. The molecule has 0 aliphatic heterocycles. The minimum atomic E-state index is -1.04. The number of nitrogens with one attached hydrogen (secondary N) is 2. The Morgan fingerprint density at radius 1 is 0.923 bits per heavy atom. The summed E-state index contributed by atoms with van der Waals surface area (Å²) < 4.78 is 1.97. The first-order valence-corrected chi connectivity index (χ1v) is 12.2. The van der Waals surface area contributed by atoms with Crippen LogP contribution in [0.1, 0.15) is 26.3 Å². The Kier molecular flexibility index (Phi) is 5.93. The van der Waals surface area contributed by atoms with Crippen molar-refractivity contribution in [3.05, 3.63) is 114 Å². The first-order valence-electron chi connectivity index (χ1n) is 12.2. The third kappa shape index (κ3) is 4.76. The number of anilines is 3. The van der Waals surface area contributed by atoms with Crippen LogP contribution in [0.25, 0.3) is 27.7 Å². The molecule has 0 saturated carbocycles. The van der Waals surface area contributed by atoms with Crippen molar-refractivity contribution in [3.63, 3.8) is 0 Å². The summed E-state index contributed by atoms with van der Waals surface area (Å²) >= 11 is 0. The highest BCUT2D eigenvalue weighted by molar-refractivity contribution is 6.05. The molecule has 3 aromatic carbocycles. The van der Waals surface area contributed by atoms with Gasteiger partial charge in [0.1, 0.15) is 5.65 Å². The molecule has 3 N–H and O–H groups in total. The zero-order valence-electron chi connectivity index (χ0n) is 20.8. The summed E-state index contributed by atoms with van der Waals surface area (Å²) in [6.45, 7) is 1.89. The highest BCUT2D eigenvalue weighted by atomic mass is 16.4. The minimum Gasteiger partial charge on any atom is -0.478 e. The average molecular weight is 515 g/mol. The summed E-state index contributed by atoms with van der Waals surface area (Å²) in [5.41, 5.74) is 6.32. The molecule has 0 aliphatic carbocycles. The molecule has 0 saturated heterocycles. The maximum absolute atomic E-state index is 12.8. The number of aryl methyl sites for hydroxylation is 1. The van der Waals surface area contributed by atoms with Crippen LogP contribution in [0.3, 0.4) is 0 Å². The molecule has 0 radical (unpaired) electrons. The van der Waals surface area contributed by atoms with Crippen molar-refractivity contribution in [1.29, 1.82) is 0 Å². The lowest BCUT2D eigenvalue weighted by atomic mass is 10.0. The van der Waals surface area contributed by atoms with E-state index in [-0.39, 0.29) is 11.5 Å². The van der Waals surface area contributed by atoms with Gasteiger partial charge in [0.15, 0.2) is 0 Å². The van der Waals surface area contributed by atoms with Crippen LogP contribution in [0.5, 0.6) is 0 Å². The fraction of sp³-hybridized carbons (Fsp3) is 0.0333. The maximum Gasteiger partial charge on any atom is 0.335 e. The highest BCUT2D eigenvalue weighted by Gasteiger charge is 2.12. The van der Waals surface area contributed by atoms with E-state index in [0.29, 0.717) is 22.9 Å². The first kappa shape index (κ1) is 23.8. The smallest absolute Gasteiger partial charge is 0.335 e. The summed E-state index contributed by atoms with van der Waals surface area (Å²) in [4.78, 5) is 37.5. The number of imidazole rings is 1. The van der Waals surface area contributed by atoms with E-state index < -0.39 is 5.97 Å². The van der Waals surface area contributed by atoms with Crippen molar-refractivity contribution < 1.29 is 14.7 Å². The lowest BCUT2D eigenvalue weighted by Gasteiger charge is -2.13. The molecule has 0 fully saturated rings. The van der Waals surface area contributed by atoms with Crippen molar-refractivity contribution >= 4 is 45.7 Å². The summed E-state index contributed by atoms with van der Waals surface area (Å²) in [5, 5.41) is 16.1. The average Bonchev–Trinajstić information content (AvgIpc) is 3.42. The molecule has 0 atom stereocenters. The third-order valence-corrected chi connectivity index (χ3v) is 6.45. The van der Waals surface area contributed by atoms with Gasteiger partial charge in [-0.05, 0) is 61.0 Å². The second-order valence-electron chi connectivity index (χ2n) is 9.04. The van der Waals surface area contributed by atoms with Gasteiger partial charge in [-0.1, -0.05) is 24.3 Å². The second kappa shape index (κ2) is 9.71. The van der Waals surface area contributed by atoms with E-state index in [2.05, 4.69) is 20.6 Å². The summed E-state index contributed by atoms with van der Waals surface area (Å²) in [7, 11) is 0. The number of rotatable bonds is 6. The molecule has 9 nitrogen and oxygen atoms in total. The number of para-hydroxylation sites is 1. The Balaban J connectivity index is 1.27. The molecule has 3 aromatic heterocycles. The Bertz CT molecular complexity index is 1880. The highest BCUT2D eigenvalue weighted by Crippen LogP contribution is 2.29. The molecule has 0 unspecified atom stereocenters. The molecule has 1 amide bonds. The van der Waals surface area contributed by atoms with Crippen molar-refractivity contribution in [2.75, 3.05) is 10.6 Å². The van der Waals surface area contributed by atoms with Crippen LogP contribution in [0.4, 0.5) is 17.3 Å². The fourth-order valence-electron chi connectivity index (χ4n) is 4.35. The van der Waals surface area contributed by atoms with Crippen LogP contribution in [0.2, 0.25) is 0 Å². The number of aromatic nitrogens is 4. The van der Waals surface area contributed by atoms with Gasteiger partial charge in [-0.25, -0.2) is 19.7 Å². The van der Waals surface area contributed by atoms with Gasteiger partial charge in [0.25, 0.3) is 5.91 Å². The molecule has 0 bridgehead atoms. The largest absolute Gasteiger partial charge is 0.478 e. The summed E-state index contributed by atoms with van der Waals surface area (Å²) in [5.74, 6) is -0.962. The molecule has 3 heterocycles. The van der Waals surface area contributed by atoms with Crippen LogP contribution in [0.15, 0.2) is 97.6 Å². The first-order chi connectivity index (χ1) is 18.9. The maximum atomic E-state index is 12.8. The topological polar surface area (TPSA) is 122 Å². The Morgan fingerprint density at radius 3 is 2.56 bits per heavy atom. The molecule has 0 aliphatic rings. The van der Waals surface area contributed by atoms with Crippen molar-refractivity contribution in [3.8, 4) is 11.1 Å². The van der Waals surface area contributed by atoms with E-state index in [9.17, 15) is 9.59 Å². The van der Waals surface area contributed by atoms with E-state index in [1.165, 1.54) is 24.3 Å². The summed E-state index contributed by atoms with van der Waals surface area (Å²) in [6.07, 6.45) is 7.47. The number of nitrogens with zero attached hydrogens (tertiary/aromatic N) is 4. The normalized spacial score (nSPS) is 11.0. The predicted molar refractivity (Wildman–Crippen MR) is 150 cm³/mol. The molecule has 6 rings (SSSR count). The zero-order chi connectivity index (χ0) is 26.9. The van der Waals surface area contributed by atoms with E-state index >= 15 is 0 Å². The predicted octanol–water partition coefficient (Wildman–Crippen LogP) is 5.95. The van der Waals surface area contributed by atoms with Crippen LogP contribution >= 0.6 is 0 Å². The van der Waals surface area contributed by atoms with Gasteiger partial charge in [-0.2, -0.15) is 0 Å². The number of hydrogen-bond donors (Lipinski definition) is 3. The molecule has 190 valence electrons. The van der Waals surface area contributed by atoms with E-state index in [1.54, 1.807) is 12.4 Å². The quantitative estimate of drug-likeness (QED) is 0.251. The number of pyridine rings is 1. The van der Waals surface area contributed by atoms with Crippen LogP contribution < -0.4 is 10.6 Å². The monoisotopic (exact) mass is 514 g/mol. The molecule has 0 spiro atoms. The summed E-state index contributed by atoms with van der Waals surface area (Å²) in [6, 6.07) is 21.3. The number of benzene rings is 3. The molecule has 6 aromatic rings. The van der Waals surface area contributed by atoms with E-state index in [0.717, 1.165) is 33.2 Å². The van der Waals surface area contributed by atoms with Gasteiger partial charge in [0.2, 0.25) is 5.95 Å². The SMILES string of the molecule is Cc1ccc(Nc2ncc3cccc(-c4ccc5nccn5c4)c3n2)cc1NC(=O)c1ccc(C(=O)O)cc1. The van der Waals surface area contributed by atoms with E-state index in [1.807, 2.05) is 72.2 Å².